The molecule has 6 heteroatoms. The van der Waals surface area contributed by atoms with Gasteiger partial charge in [0.15, 0.2) is 0 Å². The van der Waals surface area contributed by atoms with Crippen molar-refractivity contribution in [3.05, 3.63) is 0 Å². The minimum Gasteiger partial charge on any atom is -0.395 e. The van der Waals surface area contributed by atoms with Gasteiger partial charge in [0.25, 0.3) is 0 Å². The van der Waals surface area contributed by atoms with Gasteiger partial charge in [-0.15, -0.1) is 0 Å². The molecule has 0 unspecified atom stereocenters. The number of aliphatic hydroxyl groups excluding tert-OH is 1. The van der Waals surface area contributed by atoms with Crippen molar-refractivity contribution in [2.24, 2.45) is 5.73 Å². The summed E-state index contributed by atoms with van der Waals surface area (Å²) in [6, 6.07) is 0. The van der Waals surface area contributed by atoms with Gasteiger partial charge in [-0.25, -0.2) is 0 Å². The Morgan fingerprint density at radius 3 is 2.44 bits per heavy atom. The number of nitrogens with one attached hydrogen (secondary N) is 1. The highest BCUT2D eigenvalue weighted by Crippen LogP contribution is 2.00. The van der Waals surface area contributed by atoms with Crippen molar-refractivity contribution < 1.29 is 9.90 Å². The van der Waals surface area contributed by atoms with Gasteiger partial charge < -0.3 is 16.2 Å². The lowest BCUT2D eigenvalue weighted by atomic mass is 10.3. The Balaban J connectivity index is 2.14. The Kier molecular flexibility index (Phi) is 6.32. The zero-order chi connectivity index (χ0) is 11.8. The molecule has 0 aliphatic carbocycles. The first kappa shape index (κ1) is 13.4. The summed E-state index contributed by atoms with van der Waals surface area (Å²) in [6.45, 7) is 6.03. The molecule has 1 amide bonds. The van der Waals surface area contributed by atoms with Crippen LogP contribution in [0, 0.1) is 0 Å². The molecule has 94 valence electrons. The van der Waals surface area contributed by atoms with Crippen molar-refractivity contribution in [2.45, 2.75) is 0 Å². The molecule has 1 aliphatic rings. The van der Waals surface area contributed by atoms with Crippen LogP contribution in [0.4, 0.5) is 0 Å². The fraction of sp³-hybridized carbons (Fsp3) is 0.900. The number of nitrogens with two attached hydrogens (primary N) is 1. The zero-order valence-corrected chi connectivity index (χ0v) is 9.69. The van der Waals surface area contributed by atoms with E-state index in [-0.39, 0.29) is 12.5 Å². The van der Waals surface area contributed by atoms with Crippen LogP contribution in [-0.4, -0.2) is 79.8 Å². The van der Waals surface area contributed by atoms with Crippen LogP contribution < -0.4 is 11.1 Å². The van der Waals surface area contributed by atoms with Crippen molar-refractivity contribution in [1.82, 2.24) is 15.1 Å². The third-order valence-corrected chi connectivity index (χ3v) is 2.71. The van der Waals surface area contributed by atoms with Crippen molar-refractivity contribution in [3.8, 4) is 0 Å². The van der Waals surface area contributed by atoms with Crippen LogP contribution in [0.15, 0.2) is 0 Å². The maximum absolute atomic E-state index is 11.4. The topological polar surface area (TPSA) is 81.8 Å². The van der Waals surface area contributed by atoms with Gasteiger partial charge >= 0.3 is 0 Å². The van der Waals surface area contributed by atoms with Crippen molar-refractivity contribution >= 4 is 5.91 Å². The van der Waals surface area contributed by atoms with E-state index in [2.05, 4.69) is 15.1 Å². The molecule has 0 aromatic rings. The molecular formula is C10H22N4O2. The number of hydrogen-bond acceptors (Lipinski definition) is 5. The number of piperazine rings is 1. The Bertz CT molecular complexity index is 205. The number of amides is 1. The lowest BCUT2D eigenvalue weighted by Gasteiger charge is -2.33. The van der Waals surface area contributed by atoms with Crippen LogP contribution in [0.1, 0.15) is 0 Å². The summed E-state index contributed by atoms with van der Waals surface area (Å²) in [5.74, 6) is 0.0426. The summed E-state index contributed by atoms with van der Waals surface area (Å²) in [7, 11) is 0. The minimum absolute atomic E-state index is 0.0426. The maximum Gasteiger partial charge on any atom is 0.234 e. The van der Waals surface area contributed by atoms with E-state index in [4.69, 9.17) is 10.8 Å². The van der Waals surface area contributed by atoms with E-state index < -0.39 is 0 Å². The predicted molar refractivity (Wildman–Crippen MR) is 62.0 cm³/mol. The molecule has 1 heterocycles. The lowest BCUT2D eigenvalue weighted by Crippen LogP contribution is -2.50. The van der Waals surface area contributed by atoms with E-state index in [1.165, 1.54) is 0 Å². The van der Waals surface area contributed by atoms with Gasteiger partial charge in [-0.1, -0.05) is 0 Å². The molecule has 1 rings (SSSR count). The molecule has 0 aromatic carbocycles. The molecule has 0 atom stereocenters. The van der Waals surface area contributed by atoms with Crippen LogP contribution >= 0.6 is 0 Å². The molecule has 0 saturated carbocycles. The molecule has 16 heavy (non-hydrogen) atoms. The molecule has 0 radical (unpaired) electrons. The number of β-amino-alcohol motifs (C(OH)–C–C–N with tert-alkyl or cyclic N) is 1. The van der Waals surface area contributed by atoms with E-state index in [1.54, 1.807) is 0 Å². The van der Waals surface area contributed by atoms with Gasteiger partial charge in [0, 0.05) is 45.8 Å². The first-order valence-electron chi connectivity index (χ1n) is 5.78. The van der Waals surface area contributed by atoms with Crippen LogP contribution in [0.2, 0.25) is 0 Å². The summed E-state index contributed by atoms with van der Waals surface area (Å²) < 4.78 is 0. The van der Waals surface area contributed by atoms with E-state index in [0.717, 1.165) is 32.7 Å². The number of rotatable bonds is 6. The third-order valence-electron chi connectivity index (χ3n) is 2.71. The second-order valence-electron chi connectivity index (χ2n) is 3.98. The standard InChI is InChI=1S/C10H22N4O2/c11-1-2-12-10(16)9-14-5-3-13(4-6-14)7-8-15/h15H,1-9,11H2,(H,12,16). The largest absolute Gasteiger partial charge is 0.395 e. The summed E-state index contributed by atoms with van der Waals surface area (Å²) in [5.41, 5.74) is 5.30. The van der Waals surface area contributed by atoms with Crippen molar-refractivity contribution in [1.29, 1.82) is 0 Å². The average Bonchev–Trinajstić information content (AvgIpc) is 2.29. The summed E-state index contributed by atoms with van der Waals surface area (Å²) in [6.07, 6.45) is 0. The Morgan fingerprint density at radius 1 is 1.25 bits per heavy atom. The highest BCUT2D eigenvalue weighted by atomic mass is 16.3. The Hall–Kier alpha value is -0.690. The average molecular weight is 230 g/mol. The number of carbonyl (C=O) groups excluding carboxylic acids is 1. The van der Waals surface area contributed by atoms with E-state index in [9.17, 15) is 4.79 Å². The minimum atomic E-state index is 0.0426. The fourth-order valence-electron chi connectivity index (χ4n) is 1.78. The second-order valence-corrected chi connectivity index (χ2v) is 3.98. The second kappa shape index (κ2) is 7.56. The molecular weight excluding hydrogens is 208 g/mol. The number of carbonyl (C=O) groups is 1. The van der Waals surface area contributed by atoms with E-state index in [0.29, 0.717) is 19.6 Å². The Morgan fingerprint density at radius 2 is 1.88 bits per heavy atom. The lowest BCUT2D eigenvalue weighted by molar-refractivity contribution is -0.122. The zero-order valence-electron chi connectivity index (χ0n) is 9.69. The fourth-order valence-corrected chi connectivity index (χ4v) is 1.78. The third kappa shape index (κ3) is 4.89. The van der Waals surface area contributed by atoms with Gasteiger partial charge in [-0.05, 0) is 0 Å². The van der Waals surface area contributed by atoms with Gasteiger partial charge in [0.1, 0.15) is 0 Å². The summed E-state index contributed by atoms with van der Waals surface area (Å²) in [5, 5.41) is 11.6. The van der Waals surface area contributed by atoms with Gasteiger partial charge in [0.2, 0.25) is 5.91 Å². The number of hydrogen-bond donors (Lipinski definition) is 3. The molecule has 1 fully saturated rings. The Labute approximate surface area is 96.4 Å². The molecule has 6 nitrogen and oxygen atoms in total. The van der Waals surface area contributed by atoms with Gasteiger partial charge in [-0.3, -0.25) is 14.6 Å². The predicted octanol–water partition coefficient (Wildman–Crippen LogP) is -2.33. The summed E-state index contributed by atoms with van der Waals surface area (Å²) in [4.78, 5) is 15.7. The SMILES string of the molecule is NCCNC(=O)CN1CCN(CCO)CC1. The number of nitrogens with zero attached hydrogens (tertiary/aromatic N) is 2. The number of aliphatic hydroxyl groups is 1. The molecule has 0 bridgehead atoms. The first-order valence-corrected chi connectivity index (χ1v) is 5.78. The highest BCUT2D eigenvalue weighted by molar-refractivity contribution is 5.77. The summed E-state index contributed by atoms with van der Waals surface area (Å²) >= 11 is 0. The molecule has 4 N–H and O–H groups in total. The maximum atomic E-state index is 11.4. The van der Waals surface area contributed by atoms with E-state index >= 15 is 0 Å². The van der Waals surface area contributed by atoms with Crippen LogP contribution in [-0.2, 0) is 4.79 Å². The molecule has 1 aliphatic heterocycles. The van der Waals surface area contributed by atoms with Crippen molar-refractivity contribution in [2.75, 3.05) is 59.0 Å². The van der Waals surface area contributed by atoms with E-state index in [1.807, 2.05) is 0 Å². The van der Waals surface area contributed by atoms with Crippen LogP contribution in [0.5, 0.6) is 0 Å². The first-order chi connectivity index (χ1) is 7.76. The van der Waals surface area contributed by atoms with Gasteiger partial charge in [0.05, 0.1) is 13.2 Å². The highest BCUT2D eigenvalue weighted by Gasteiger charge is 2.17. The molecule has 1 saturated heterocycles. The van der Waals surface area contributed by atoms with Crippen molar-refractivity contribution in [3.63, 3.8) is 0 Å². The quantitative estimate of drug-likeness (QED) is 0.477. The van der Waals surface area contributed by atoms with Crippen LogP contribution in [0.3, 0.4) is 0 Å². The van der Waals surface area contributed by atoms with Gasteiger partial charge in [-0.2, -0.15) is 0 Å². The molecule has 0 aromatic heterocycles. The normalized spacial score (nSPS) is 18.6. The monoisotopic (exact) mass is 230 g/mol. The smallest absolute Gasteiger partial charge is 0.234 e. The van der Waals surface area contributed by atoms with Crippen LogP contribution in [0.25, 0.3) is 0 Å². The molecule has 0 spiro atoms.